The molecule has 0 spiro atoms. The Morgan fingerprint density at radius 2 is 2.04 bits per heavy atom. The summed E-state index contributed by atoms with van der Waals surface area (Å²) in [7, 11) is 0. The maximum atomic E-state index is 12.5. The van der Waals surface area contributed by atoms with Crippen LogP contribution in [0.5, 0.6) is 0 Å². The molecule has 0 aliphatic heterocycles. The van der Waals surface area contributed by atoms with Gasteiger partial charge in [-0.2, -0.15) is 0 Å². The molecule has 1 aliphatic carbocycles. The molecular formula is C20H21N3O. The normalized spacial score (nSPS) is 15.9. The summed E-state index contributed by atoms with van der Waals surface area (Å²) >= 11 is 0. The molecule has 0 unspecified atom stereocenters. The van der Waals surface area contributed by atoms with E-state index in [4.69, 9.17) is 0 Å². The molecule has 0 radical (unpaired) electrons. The van der Waals surface area contributed by atoms with Crippen molar-refractivity contribution in [3.63, 3.8) is 0 Å². The summed E-state index contributed by atoms with van der Waals surface area (Å²) in [6.45, 7) is 2.69. The SMILES string of the molecule is Cc1ccn2cc(C(=O)NCC3(c4ccccc4)CCC3)nc2c1. The van der Waals surface area contributed by atoms with Gasteiger partial charge < -0.3 is 9.72 Å². The van der Waals surface area contributed by atoms with Gasteiger partial charge in [-0.3, -0.25) is 4.79 Å². The molecular weight excluding hydrogens is 298 g/mol. The Morgan fingerprint density at radius 1 is 1.25 bits per heavy atom. The number of fused-ring (bicyclic) bond motifs is 1. The first kappa shape index (κ1) is 14.9. The number of hydrogen-bond acceptors (Lipinski definition) is 2. The molecule has 1 N–H and O–H groups in total. The second-order valence-electron chi connectivity index (χ2n) is 6.78. The number of aryl methyl sites for hydroxylation is 1. The standard InChI is InChI=1S/C20H21N3O/c1-15-8-11-23-13-17(22-18(23)12-15)19(24)21-14-20(9-5-10-20)16-6-3-2-4-7-16/h2-4,6-8,11-13H,5,9-10,14H2,1H3,(H,21,24). The second kappa shape index (κ2) is 5.78. The molecule has 0 saturated heterocycles. The van der Waals surface area contributed by atoms with Gasteiger partial charge in [0.1, 0.15) is 11.3 Å². The summed E-state index contributed by atoms with van der Waals surface area (Å²) in [5.74, 6) is -0.0986. The lowest BCUT2D eigenvalue weighted by atomic mass is 9.64. The highest BCUT2D eigenvalue weighted by Crippen LogP contribution is 2.43. The van der Waals surface area contributed by atoms with Crippen molar-refractivity contribution in [3.8, 4) is 0 Å². The number of amides is 1. The molecule has 2 aromatic heterocycles. The van der Waals surface area contributed by atoms with Crippen LogP contribution in [0.4, 0.5) is 0 Å². The van der Waals surface area contributed by atoms with E-state index in [2.05, 4.69) is 34.6 Å². The van der Waals surface area contributed by atoms with Gasteiger partial charge in [-0.1, -0.05) is 36.8 Å². The smallest absolute Gasteiger partial charge is 0.271 e. The molecule has 1 saturated carbocycles. The number of carbonyl (C=O) groups is 1. The highest BCUT2D eigenvalue weighted by Gasteiger charge is 2.38. The van der Waals surface area contributed by atoms with Gasteiger partial charge in [-0.25, -0.2) is 4.98 Å². The van der Waals surface area contributed by atoms with Crippen molar-refractivity contribution in [1.29, 1.82) is 0 Å². The molecule has 1 aromatic carbocycles. The van der Waals surface area contributed by atoms with E-state index >= 15 is 0 Å². The van der Waals surface area contributed by atoms with Crippen LogP contribution in [0.3, 0.4) is 0 Å². The van der Waals surface area contributed by atoms with Crippen LogP contribution in [-0.4, -0.2) is 21.8 Å². The number of hydrogen-bond donors (Lipinski definition) is 1. The molecule has 0 bridgehead atoms. The third-order valence-electron chi connectivity index (χ3n) is 5.13. The van der Waals surface area contributed by atoms with Crippen LogP contribution in [0.1, 0.15) is 40.9 Å². The first-order valence-corrected chi connectivity index (χ1v) is 8.45. The molecule has 4 nitrogen and oxygen atoms in total. The van der Waals surface area contributed by atoms with Gasteiger partial charge in [-0.05, 0) is 43.0 Å². The highest BCUT2D eigenvalue weighted by molar-refractivity contribution is 5.93. The van der Waals surface area contributed by atoms with Gasteiger partial charge in [0.2, 0.25) is 0 Å². The zero-order valence-corrected chi connectivity index (χ0v) is 13.8. The van der Waals surface area contributed by atoms with Crippen LogP contribution in [-0.2, 0) is 5.41 Å². The molecule has 2 heterocycles. The van der Waals surface area contributed by atoms with E-state index in [1.165, 1.54) is 12.0 Å². The topological polar surface area (TPSA) is 46.4 Å². The molecule has 4 rings (SSSR count). The summed E-state index contributed by atoms with van der Waals surface area (Å²) < 4.78 is 1.89. The number of nitrogens with zero attached hydrogens (tertiary/aromatic N) is 2. The van der Waals surface area contributed by atoms with Crippen molar-refractivity contribution in [1.82, 2.24) is 14.7 Å². The third kappa shape index (κ3) is 2.58. The first-order chi connectivity index (χ1) is 11.7. The Hall–Kier alpha value is -2.62. The number of imidazole rings is 1. The molecule has 3 aromatic rings. The molecule has 1 fully saturated rings. The van der Waals surface area contributed by atoms with E-state index in [1.807, 2.05) is 35.7 Å². The number of benzene rings is 1. The Labute approximate surface area is 141 Å². The van der Waals surface area contributed by atoms with E-state index in [0.717, 1.165) is 24.1 Å². The van der Waals surface area contributed by atoms with Gasteiger partial charge in [-0.15, -0.1) is 0 Å². The Morgan fingerprint density at radius 3 is 2.75 bits per heavy atom. The van der Waals surface area contributed by atoms with E-state index in [0.29, 0.717) is 12.2 Å². The van der Waals surface area contributed by atoms with Crippen LogP contribution < -0.4 is 5.32 Å². The molecule has 4 heteroatoms. The minimum Gasteiger partial charge on any atom is -0.350 e. The number of carbonyl (C=O) groups excluding carboxylic acids is 1. The summed E-state index contributed by atoms with van der Waals surface area (Å²) in [6.07, 6.45) is 7.20. The van der Waals surface area contributed by atoms with Crippen LogP contribution in [0.25, 0.3) is 5.65 Å². The lowest BCUT2D eigenvalue weighted by Gasteiger charge is -2.42. The van der Waals surface area contributed by atoms with Crippen molar-refractivity contribution in [3.05, 3.63) is 71.7 Å². The lowest BCUT2D eigenvalue weighted by molar-refractivity contribution is 0.0923. The molecule has 122 valence electrons. The molecule has 1 amide bonds. The van der Waals surface area contributed by atoms with Gasteiger partial charge in [0.25, 0.3) is 5.91 Å². The van der Waals surface area contributed by atoms with Crippen LogP contribution >= 0.6 is 0 Å². The fraction of sp³-hybridized carbons (Fsp3) is 0.300. The van der Waals surface area contributed by atoms with E-state index in [1.54, 1.807) is 6.20 Å². The van der Waals surface area contributed by atoms with Crippen molar-refractivity contribution in [2.75, 3.05) is 6.54 Å². The quantitative estimate of drug-likeness (QED) is 0.800. The van der Waals surface area contributed by atoms with Gasteiger partial charge in [0, 0.05) is 24.4 Å². The van der Waals surface area contributed by atoms with Crippen molar-refractivity contribution in [2.24, 2.45) is 0 Å². The maximum Gasteiger partial charge on any atom is 0.271 e. The Bertz CT molecular complexity index is 878. The van der Waals surface area contributed by atoms with Crippen molar-refractivity contribution < 1.29 is 4.79 Å². The monoisotopic (exact) mass is 319 g/mol. The predicted molar refractivity (Wildman–Crippen MR) is 94.2 cm³/mol. The Balaban J connectivity index is 1.51. The first-order valence-electron chi connectivity index (χ1n) is 8.45. The van der Waals surface area contributed by atoms with E-state index in [-0.39, 0.29) is 11.3 Å². The van der Waals surface area contributed by atoms with Crippen molar-refractivity contribution >= 4 is 11.6 Å². The maximum absolute atomic E-state index is 12.5. The minimum absolute atomic E-state index is 0.0899. The molecule has 0 atom stereocenters. The largest absolute Gasteiger partial charge is 0.350 e. The number of nitrogens with one attached hydrogen (secondary N) is 1. The highest BCUT2D eigenvalue weighted by atomic mass is 16.1. The number of rotatable bonds is 4. The van der Waals surface area contributed by atoms with E-state index in [9.17, 15) is 4.79 Å². The minimum atomic E-state index is -0.0986. The summed E-state index contributed by atoms with van der Waals surface area (Å²) in [5, 5.41) is 3.10. The second-order valence-corrected chi connectivity index (χ2v) is 6.78. The molecule has 1 aliphatic rings. The van der Waals surface area contributed by atoms with Crippen molar-refractivity contribution in [2.45, 2.75) is 31.6 Å². The number of aromatic nitrogens is 2. The van der Waals surface area contributed by atoms with Crippen LogP contribution in [0.2, 0.25) is 0 Å². The average Bonchev–Trinajstić information content (AvgIpc) is 2.98. The predicted octanol–water partition coefficient (Wildman–Crippen LogP) is 3.49. The zero-order chi connectivity index (χ0) is 16.6. The lowest BCUT2D eigenvalue weighted by Crippen LogP contribution is -2.45. The van der Waals surface area contributed by atoms with E-state index < -0.39 is 0 Å². The van der Waals surface area contributed by atoms with Crippen LogP contribution in [0.15, 0.2) is 54.9 Å². The summed E-state index contributed by atoms with van der Waals surface area (Å²) in [6, 6.07) is 14.5. The average molecular weight is 319 g/mol. The Kier molecular flexibility index (Phi) is 3.60. The third-order valence-corrected chi connectivity index (χ3v) is 5.13. The fourth-order valence-corrected chi connectivity index (χ4v) is 3.50. The fourth-order valence-electron chi connectivity index (χ4n) is 3.50. The van der Waals surface area contributed by atoms with Crippen LogP contribution in [0, 0.1) is 6.92 Å². The molecule has 24 heavy (non-hydrogen) atoms. The van der Waals surface area contributed by atoms with Gasteiger partial charge >= 0.3 is 0 Å². The summed E-state index contributed by atoms with van der Waals surface area (Å²) in [4.78, 5) is 17.0. The van der Waals surface area contributed by atoms with Gasteiger partial charge in [0.15, 0.2) is 0 Å². The van der Waals surface area contributed by atoms with Gasteiger partial charge in [0.05, 0.1) is 0 Å². The number of pyridine rings is 1. The zero-order valence-electron chi connectivity index (χ0n) is 13.8. The summed E-state index contributed by atoms with van der Waals surface area (Å²) in [5.41, 5.74) is 3.83.